The standard InChI is InChI=1S/C19H27NO2/c1-14(21)16-8-10-20(11-9-16)19(22)13-15-6-7-17-4-2-3-5-18(17)12-15/h6-7,12,14,16,21H,2-5,8-11,13H2,1H3. The Morgan fingerprint density at radius 1 is 1.23 bits per heavy atom. The molecule has 120 valence electrons. The van der Waals surface area contributed by atoms with Gasteiger partial charge in [0.15, 0.2) is 0 Å². The van der Waals surface area contributed by atoms with Crippen molar-refractivity contribution in [1.82, 2.24) is 4.90 Å². The highest BCUT2D eigenvalue weighted by molar-refractivity contribution is 5.79. The maximum Gasteiger partial charge on any atom is 0.226 e. The van der Waals surface area contributed by atoms with Gasteiger partial charge in [0.05, 0.1) is 12.5 Å². The number of aliphatic hydroxyl groups excluding tert-OH is 1. The van der Waals surface area contributed by atoms with E-state index in [2.05, 4.69) is 18.2 Å². The minimum Gasteiger partial charge on any atom is -0.393 e. The van der Waals surface area contributed by atoms with E-state index < -0.39 is 0 Å². The zero-order valence-electron chi connectivity index (χ0n) is 13.6. The summed E-state index contributed by atoms with van der Waals surface area (Å²) < 4.78 is 0. The van der Waals surface area contributed by atoms with Crippen LogP contribution in [0, 0.1) is 5.92 Å². The van der Waals surface area contributed by atoms with Gasteiger partial charge in [-0.3, -0.25) is 4.79 Å². The van der Waals surface area contributed by atoms with Gasteiger partial charge in [0.1, 0.15) is 0 Å². The van der Waals surface area contributed by atoms with Crippen LogP contribution in [0.4, 0.5) is 0 Å². The van der Waals surface area contributed by atoms with Crippen molar-refractivity contribution in [2.45, 2.75) is 58.0 Å². The third kappa shape index (κ3) is 3.52. The molecule has 1 unspecified atom stereocenters. The molecule has 1 N–H and O–H groups in total. The average molecular weight is 301 g/mol. The van der Waals surface area contributed by atoms with E-state index in [-0.39, 0.29) is 12.0 Å². The Labute approximate surface area is 133 Å². The van der Waals surface area contributed by atoms with Crippen LogP contribution in [0.25, 0.3) is 0 Å². The Balaban J connectivity index is 1.58. The summed E-state index contributed by atoms with van der Waals surface area (Å²) in [6.45, 7) is 3.44. The minimum absolute atomic E-state index is 0.236. The monoisotopic (exact) mass is 301 g/mol. The third-order valence-corrected chi connectivity index (χ3v) is 5.34. The quantitative estimate of drug-likeness (QED) is 0.932. The lowest BCUT2D eigenvalue weighted by Crippen LogP contribution is -2.41. The number of nitrogens with zero attached hydrogens (tertiary/aromatic N) is 1. The fraction of sp³-hybridized carbons (Fsp3) is 0.632. The van der Waals surface area contributed by atoms with E-state index in [1.165, 1.54) is 30.4 Å². The molecule has 0 saturated carbocycles. The van der Waals surface area contributed by atoms with E-state index in [9.17, 15) is 9.90 Å². The van der Waals surface area contributed by atoms with E-state index in [0.717, 1.165) is 37.9 Å². The molecule has 1 amide bonds. The maximum absolute atomic E-state index is 12.5. The predicted octanol–water partition coefficient (Wildman–Crippen LogP) is 2.73. The number of aliphatic hydroxyl groups is 1. The molecule has 1 aliphatic heterocycles. The topological polar surface area (TPSA) is 40.5 Å². The normalized spacial score (nSPS) is 20.5. The molecular formula is C19H27NO2. The molecule has 22 heavy (non-hydrogen) atoms. The molecule has 0 radical (unpaired) electrons. The molecule has 1 aromatic carbocycles. The number of amides is 1. The number of hydrogen-bond acceptors (Lipinski definition) is 2. The van der Waals surface area contributed by atoms with Gasteiger partial charge in [0.25, 0.3) is 0 Å². The molecule has 1 saturated heterocycles. The first-order valence-electron chi connectivity index (χ1n) is 8.70. The Bertz CT molecular complexity index is 530. The maximum atomic E-state index is 12.5. The van der Waals surface area contributed by atoms with Crippen LogP contribution in [0.15, 0.2) is 18.2 Å². The number of fused-ring (bicyclic) bond motifs is 1. The highest BCUT2D eigenvalue weighted by Crippen LogP contribution is 2.24. The zero-order valence-corrected chi connectivity index (χ0v) is 13.6. The number of hydrogen-bond donors (Lipinski definition) is 1. The number of rotatable bonds is 3. The fourth-order valence-corrected chi connectivity index (χ4v) is 3.81. The second-order valence-electron chi connectivity index (χ2n) is 6.95. The van der Waals surface area contributed by atoms with E-state index >= 15 is 0 Å². The Morgan fingerprint density at radius 3 is 2.59 bits per heavy atom. The zero-order chi connectivity index (χ0) is 15.5. The first-order valence-corrected chi connectivity index (χ1v) is 8.70. The molecule has 0 aromatic heterocycles. The van der Waals surface area contributed by atoms with Crippen LogP contribution >= 0.6 is 0 Å². The van der Waals surface area contributed by atoms with Crippen molar-refractivity contribution in [2.75, 3.05) is 13.1 Å². The summed E-state index contributed by atoms with van der Waals surface area (Å²) in [7, 11) is 0. The molecule has 1 aliphatic carbocycles. The van der Waals surface area contributed by atoms with Gasteiger partial charge in [-0.05, 0) is 68.1 Å². The number of carbonyl (C=O) groups excluding carboxylic acids is 1. The molecule has 1 aromatic rings. The summed E-state index contributed by atoms with van der Waals surface area (Å²) in [6, 6.07) is 6.59. The first kappa shape index (κ1) is 15.5. The lowest BCUT2D eigenvalue weighted by molar-refractivity contribution is -0.132. The number of likely N-dealkylation sites (tertiary alicyclic amines) is 1. The van der Waals surface area contributed by atoms with Crippen molar-refractivity contribution in [3.63, 3.8) is 0 Å². The molecule has 1 heterocycles. The van der Waals surface area contributed by atoms with Crippen molar-refractivity contribution in [3.8, 4) is 0 Å². The van der Waals surface area contributed by atoms with Crippen LogP contribution in [0.3, 0.4) is 0 Å². The Kier molecular flexibility index (Phi) is 4.82. The summed E-state index contributed by atoms with van der Waals surface area (Å²) in [5.74, 6) is 0.590. The number of aryl methyl sites for hydroxylation is 2. The molecule has 1 atom stereocenters. The fourth-order valence-electron chi connectivity index (χ4n) is 3.81. The molecule has 0 spiro atoms. The van der Waals surface area contributed by atoms with Crippen molar-refractivity contribution in [3.05, 3.63) is 34.9 Å². The summed E-state index contributed by atoms with van der Waals surface area (Å²) in [5, 5.41) is 9.65. The van der Waals surface area contributed by atoms with Crippen molar-refractivity contribution < 1.29 is 9.90 Å². The highest BCUT2D eigenvalue weighted by Gasteiger charge is 2.25. The summed E-state index contributed by atoms with van der Waals surface area (Å²) in [4.78, 5) is 14.4. The lowest BCUT2D eigenvalue weighted by atomic mass is 9.89. The number of carbonyl (C=O) groups is 1. The van der Waals surface area contributed by atoms with Crippen LogP contribution in [-0.2, 0) is 24.1 Å². The molecule has 3 rings (SSSR count). The van der Waals surface area contributed by atoms with Gasteiger partial charge in [0.2, 0.25) is 5.91 Å². The first-order chi connectivity index (χ1) is 10.6. The van der Waals surface area contributed by atoms with Gasteiger partial charge in [0, 0.05) is 13.1 Å². The summed E-state index contributed by atoms with van der Waals surface area (Å²) >= 11 is 0. The Morgan fingerprint density at radius 2 is 1.91 bits per heavy atom. The lowest BCUT2D eigenvalue weighted by Gasteiger charge is -2.33. The third-order valence-electron chi connectivity index (χ3n) is 5.34. The molecule has 0 bridgehead atoms. The van der Waals surface area contributed by atoms with Gasteiger partial charge in [-0.2, -0.15) is 0 Å². The average Bonchev–Trinajstić information content (AvgIpc) is 2.55. The second kappa shape index (κ2) is 6.82. The van der Waals surface area contributed by atoms with Crippen molar-refractivity contribution >= 4 is 5.91 Å². The minimum atomic E-state index is -0.252. The largest absolute Gasteiger partial charge is 0.393 e. The van der Waals surface area contributed by atoms with E-state index in [4.69, 9.17) is 0 Å². The van der Waals surface area contributed by atoms with E-state index in [0.29, 0.717) is 12.3 Å². The summed E-state index contributed by atoms with van der Waals surface area (Å²) in [5.41, 5.74) is 4.08. The highest BCUT2D eigenvalue weighted by atomic mass is 16.3. The van der Waals surface area contributed by atoms with Gasteiger partial charge < -0.3 is 10.0 Å². The summed E-state index contributed by atoms with van der Waals surface area (Å²) in [6.07, 6.45) is 7.04. The number of piperidine rings is 1. The van der Waals surface area contributed by atoms with Crippen LogP contribution in [0.2, 0.25) is 0 Å². The van der Waals surface area contributed by atoms with Crippen LogP contribution < -0.4 is 0 Å². The van der Waals surface area contributed by atoms with Crippen LogP contribution in [0.5, 0.6) is 0 Å². The predicted molar refractivity (Wildman–Crippen MR) is 87.8 cm³/mol. The number of benzene rings is 1. The van der Waals surface area contributed by atoms with Gasteiger partial charge in [-0.15, -0.1) is 0 Å². The van der Waals surface area contributed by atoms with Crippen LogP contribution in [-0.4, -0.2) is 35.1 Å². The molecule has 2 aliphatic rings. The van der Waals surface area contributed by atoms with Crippen molar-refractivity contribution in [2.24, 2.45) is 5.92 Å². The van der Waals surface area contributed by atoms with E-state index in [1.807, 2.05) is 11.8 Å². The molecule has 1 fully saturated rings. The molecule has 3 nitrogen and oxygen atoms in total. The molecule has 3 heteroatoms. The SMILES string of the molecule is CC(O)C1CCN(C(=O)Cc2ccc3c(c2)CCCC3)CC1. The van der Waals surface area contributed by atoms with Crippen LogP contribution in [0.1, 0.15) is 49.3 Å². The van der Waals surface area contributed by atoms with Gasteiger partial charge in [-0.25, -0.2) is 0 Å². The van der Waals surface area contributed by atoms with E-state index in [1.54, 1.807) is 0 Å². The van der Waals surface area contributed by atoms with Gasteiger partial charge in [-0.1, -0.05) is 18.2 Å². The van der Waals surface area contributed by atoms with Gasteiger partial charge >= 0.3 is 0 Å². The smallest absolute Gasteiger partial charge is 0.226 e. The Hall–Kier alpha value is -1.35. The second-order valence-corrected chi connectivity index (χ2v) is 6.95. The van der Waals surface area contributed by atoms with Crippen molar-refractivity contribution in [1.29, 1.82) is 0 Å². The molecular weight excluding hydrogens is 274 g/mol.